The molecular weight excluding hydrogens is 490 g/mol. The molecule has 7 aromatic rings. The second-order valence-electron chi connectivity index (χ2n) is 9.07. The van der Waals surface area contributed by atoms with E-state index in [4.69, 9.17) is 31.0 Å². The van der Waals surface area contributed by atoms with Gasteiger partial charge in [0.15, 0.2) is 17.5 Å². The maximum Gasteiger partial charge on any atom is 0.164 e. The van der Waals surface area contributed by atoms with Crippen molar-refractivity contribution in [3.05, 3.63) is 126 Å². The molecule has 0 saturated heterocycles. The fourth-order valence-electron chi connectivity index (χ4n) is 4.71. The Kier molecular flexibility index (Phi) is 5.46. The molecule has 180 valence electrons. The van der Waals surface area contributed by atoms with Gasteiger partial charge in [-0.2, -0.15) is 0 Å². The maximum atomic E-state index is 6.19. The van der Waals surface area contributed by atoms with E-state index < -0.39 is 0 Å². The highest BCUT2D eigenvalue weighted by molar-refractivity contribution is 6.31. The third-order valence-corrected chi connectivity index (χ3v) is 6.82. The molecule has 0 unspecified atom stereocenters. The van der Waals surface area contributed by atoms with Crippen LogP contribution in [0.1, 0.15) is 0 Å². The summed E-state index contributed by atoms with van der Waals surface area (Å²) < 4.78 is 6.13. The van der Waals surface area contributed by atoms with Crippen LogP contribution < -0.4 is 0 Å². The first-order valence-electron chi connectivity index (χ1n) is 12.3. The first kappa shape index (κ1) is 22.4. The molecule has 0 aliphatic rings. The molecule has 0 aliphatic carbocycles. The molecule has 0 aliphatic heterocycles. The molecule has 5 heteroatoms. The Labute approximate surface area is 224 Å². The normalized spacial score (nSPS) is 11.3. The van der Waals surface area contributed by atoms with E-state index >= 15 is 0 Å². The second-order valence-corrected chi connectivity index (χ2v) is 9.51. The van der Waals surface area contributed by atoms with Crippen LogP contribution in [0.2, 0.25) is 5.02 Å². The number of nitrogens with zero attached hydrogens (tertiary/aromatic N) is 3. The van der Waals surface area contributed by atoms with E-state index in [1.54, 1.807) is 0 Å². The monoisotopic (exact) mass is 509 g/mol. The number of hydrogen-bond donors (Lipinski definition) is 0. The van der Waals surface area contributed by atoms with Gasteiger partial charge in [-0.1, -0.05) is 96.5 Å². The highest BCUT2D eigenvalue weighted by Crippen LogP contribution is 2.34. The zero-order valence-electron chi connectivity index (χ0n) is 20.2. The lowest BCUT2D eigenvalue weighted by molar-refractivity contribution is 0.669. The SMILES string of the molecule is Clc1ccc2c(c1)oc1cc(-c3nc(-c4ccccc4)nc(-c4cccc(-c5ccccc5)c4)n3)ccc12. The second kappa shape index (κ2) is 9.25. The lowest BCUT2D eigenvalue weighted by Gasteiger charge is -2.09. The summed E-state index contributed by atoms with van der Waals surface area (Å²) in [6.45, 7) is 0. The Morgan fingerprint density at radius 3 is 1.66 bits per heavy atom. The highest BCUT2D eigenvalue weighted by atomic mass is 35.5. The maximum absolute atomic E-state index is 6.19. The lowest BCUT2D eigenvalue weighted by Crippen LogP contribution is -2.00. The van der Waals surface area contributed by atoms with Crippen LogP contribution in [0, 0.1) is 0 Å². The summed E-state index contributed by atoms with van der Waals surface area (Å²) in [5.41, 5.74) is 6.46. The molecule has 4 nitrogen and oxygen atoms in total. The van der Waals surface area contributed by atoms with Gasteiger partial charge in [-0.15, -0.1) is 0 Å². The Balaban J connectivity index is 1.40. The van der Waals surface area contributed by atoms with Gasteiger partial charge in [0.05, 0.1) is 0 Å². The first-order chi connectivity index (χ1) is 18.7. The van der Waals surface area contributed by atoms with E-state index in [1.165, 1.54) is 0 Å². The molecule has 5 aromatic carbocycles. The summed E-state index contributed by atoms with van der Waals surface area (Å²) in [7, 11) is 0. The van der Waals surface area contributed by atoms with Crippen LogP contribution in [-0.4, -0.2) is 15.0 Å². The zero-order chi connectivity index (χ0) is 25.5. The van der Waals surface area contributed by atoms with Gasteiger partial charge in [0.2, 0.25) is 0 Å². The van der Waals surface area contributed by atoms with E-state index in [1.807, 2.05) is 97.1 Å². The number of aromatic nitrogens is 3. The molecule has 0 radical (unpaired) electrons. The van der Waals surface area contributed by atoms with Crippen molar-refractivity contribution in [2.75, 3.05) is 0 Å². The fourth-order valence-corrected chi connectivity index (χ4v) is 4.87. The topological polar surface area (TPSA) is 51.8 Å². The quantitative estimate of drug-likeness (QED) is 0.237. The summed E-state index contributed by atoms with van der Waals surface area (Å²) in [5, 5.41) is 2.69. The predicted octanol–water partition coefficient (Wildman–Crippen LogP) is 9.09. The van der Waals surface area contributed by atoms with E-state index in [0.717, 1.165) is 49.8 Å². The minimum Gasteiger partial charge on any atom is -0.456 e. The molecule has 0 amide bonds. The summed E-state index contributed by atoms with van der Waals surface area (Å²) in [5.74, 6) is 1.81. The third kappa shape index (κ3) is 4.11. The Bertz CT molecular complexity index is 1930. The van der Waals surface area contributed by atoms with E-state index in [2.05, 4.69) is 24.3 Å². The summed E-state index contributed by atoms with van der Waals surface area (Å²) in [6.07, 6.45) is 0. The molecule has 0 N–H and O–H groups in total. The smallest absolute Gasteiger partial charge is 0.164 e. The largest absolute Gasteiger partial charge is 0.456 e. The van der Waals surface area contributed by atoms with Crippen molar-refractivity contribution >= 4 is 33.5 Å². The number of benzene rings is 5. The zero-order valence-corrected chi connectivity index (χ0v) is 20.9. The van der Waals surface area contributed by atoms with Gasteiger partial charge >= 0.3 is 0 Å². The summed E-state index contributed by atoms with van der Waals surface area (Å²) in [6, 6.07) is 40.3. The average Bonchev–Trinajstić information content (AvgIpc) is 3.34. The van der Waals surface area contributed by atoms with Crippen LogP contribution >= 0.6 is 11.6 Å². The predicted molar refractivity (Wildman–Crippen MR) is 154 cm³/mol. The lowest BCUT2D eigenvalue weighted by atomic mass is 10.0. The average molecular weight is 510 g/mol. The van der Waals surface area contributed by atoms with Crippen molar-refractivity contribution in [3.63, 3.8) is 0 Å². The van der Waals surface area contributed by atoms with Crippen LogP contribution in [0.3, 0.4) is 0 Å². The van der Waals surface area contributed by atoms with Gasteiger partial charge in [0, 0.05) is 38.6 Å². The number of hydrogen-bond acceptors (Lipinski definition) is 4. The van der Waals surface area contributed by atoms with Crippen molar-refractivity contribution in [2.24, 2.45) is 0 Å². The van der Waals surface area contributed by atoms with Gasteiger partial charge in [0.25, 0.3) is 0 Å². The Morgan fingerprint density at radius 2 is 0.947 bits per heavy atom. The molecular formula is C33H20ClN3O. The number of rotatable bonds is 4. The molecule has 0 bridgehead atoms. The number of fused-ring (bicyclic) bond motifs is 3. The van der Waals surface area contributed by atoms with Crippen LogP contribution in [-0.2, 0) is 0 Å². The van der Waals surface area contributed by atoms with Crippen molar-refractivity contribution in [3.8, 4) is 45.3 Å². The Morgan fingerprint density at radius 1 is 0.421 bits per heavy atom. The Hall–Kier alpha value is -4.80. The van der Waals surface area contributed by atoms with E-state index in [0.29, 0.717) is 22.5 Å². The summed E-state index contributed by atoms with van der Waals surface area (Å²) >= 11 is 6.19. The van der Waals surface area contributed by atoms with Crippen LogP contribution in [0.5, 0.6) is 0 Å². The van der Waals surface area contributed by atoms with E-state index in [-0.39, 0.29) is 0 Å². The van der Waals surface area contributed by atoms with Crippen LogP contribution in [0.4, 0.5) is 0 Å². The van der Waals surface area contributed by atoms with Crippen molar-refractivity contribution < 1.29 is 4.42 Å². The fraction of sp³-hybridized carbons (Fsp3) is 0. The van der Waals surface area contributed by atoms with E-state index in [9.17, 15) is 0 Å². The molecule has 2 heterocycles. The van der Waals surface area contributed by atoms with Crippen LogP contribution in [0.15, 0.2) is 126 Å². The van der Waals surface area contributed by atoms with Crippen molar-refractivity contribution in [1.29, 1.82) is 0 Å². The molecule has 0 saturated carbocycles. The van der Waals surface area contributed by atoms with Crippen LogP contribution in [0.25, 0.3) is 67.2 Å². The highest BCUT2D eigenvalue weighted by Gasteiger charge is 2.15. The summed E-state index contributed by atoms with van der Waals surface area (Å²) in [4.78, 5) is 14.7. The molecule has 0 fully saturated rings. The van der Waals surface area contributed by atoms with Gasteiger partial charge in [-0.3, -0.25) is 0 Å². The minimum atomic E-state index is 0.583. The number of halogens is 1. The van der Waals surface area contributed by atoms with Crippen molar-refractivity contribution in [2.45, 2.75) is 0 Å². The number of furan rings is 1. The third-order valence-electron chi connectivity index (χ3n) is 6.59. The first-order valence-corrected chi connectivity index (χ1v) is 12.7. The van der Waals surface area contributed by atoms with Gasteiger partial charge in [0.1, 0.15) is 11.2 Å². The molecule has 0 spiro atoms. The van der Waals surface area contributed by atoms with Gasteiger partial charge in [-0.05, 0) is 41.5 Å². The van der Waals surface area contributed by atoms with Gasteiger partial charge < -0.3 is 4.42 Å². The van der Waals surface area contributed by atoms with Gasteiger partial charge in [-0.25, -0.2) is 15.0 Å². The minimum absolute atomic E-state index is 0.583. The molecule has 7 rings (SSSR count). The standard InChI is InChI=1S/C33H20ClN3O/c34-26-15-17-28-27-16-14-25(19-29(27)38-30(28)20-26)33-36-31(22-10-5-2-6-11-22)35-32(37-33)24-13-7-12-23(18-24)21-8-3-1-4-9-21/h1-20H. The van der Waals surface area contributed by atoms with Crippen molar-refractivity contribution in [1.82, 2.24) is 15.0 Å². The molecule has 2 aromatic heterocycles. The molecule has 38 heavy (non-hydrogen) atoms. The molecule has 0 atom stereocenters.